The van der Waals surface area contributed by atoms with Crippen LogP contribution in [0.2, 0.25) is 0 Å². The van der Waals surface area contributed by atoms with Crippen molar-refractivity contribution in [2.75, 3.05) is 18.7 Å². The van der Waals surface area contributed by atoms with Crippen LogP contribution in [0.4, 0.5) is 5.69 Å². The zero-order chi connectivity index (χ0) is 21.9. The molecular formula is C23H23N5O4. The van der Waals surface area contributed by atoms with Gasteiger partial charge in [0, 0.05) is 29.8 Å². The lowest BCUT2D eigenvalue weighted by Crippen LogP contribution is -2.32. The highest BCUT2D eigenvalue weighted by Crippen LogP contribution is 2.32. The summed E-state index contributed by atoms with van der Waals surface area (Å²) in [6.07, 6.45) is 4.37. The molecule has 0 saturated heterocycles. The second-order valence-corrected chi connectivity index (χ2v) is 7.78. The van der Waals surface area contributed by atoms with Gasteiger partial charge in [-0.25, -0.2) is 0 Å². The molecule has 2 aromatic carbocycles. The minimum Gasteiger partial charge on any atom is -0.454 e. The molecule has 164 valence electrons. The maximum Gasteiger partial charge on any atom is 0.251 e. The fourth-order valence-electron chi connectivity index (χ4n) is 3.94. The SMILES string of the molecule is O=C(CNC(=O)c1ccc2c(c1)OCO2)Nc1cccc(-c2nnc3n2CCCCC3)c1. The van der Waals surface area contributed by atoms with Crippen molar-refractivity contribution in [3.05, 3.63) is 53.9 Å². The number of hydrogen-bond donors (Lipinski definition) is 2. The molecule has 0 atom stereocenters. The number of carbonyl (C=O) groups is 2. The molecule has 0 saturated carbocycles. The Labute approximate surface area is 184 Å². The number of rotatable bonds is 5. The molecule has 32 heavy (non-hydrogen) atoms. The predicted molar refractivity (Wildman–Crippen MR) is 117 cm³/mol. The van der Waals surface area contributed by atoms with Gasteiger partial charge in [-0.3, -0.25) is 9.59 Å². The Morgan fingerprint density at radius 2 is 1.91 bits per heavy atom. The quantitative estimate of drug-likeness (QED) is 0.641. The first-order valence-corrected chi connectivity index (χ1v) is 10.7. The summed E-state index contributed by atoms with van der Waals surface area (Å²) < 4.78 is 12.7. The van der Waals surface area contributed by atoms with Crippen molar-refractivity contribution in [3.8, 4) is 22.9 Å². The van der Waals surface area contributed by atoms with E-state index in [1.807, 2.05) is 18.2 Å². The molecule has 9 nitrogen and oxygen atoms in total. The van der Waals surface area contributed by atoms with Gasteiger partial charge in [0.05, 0.1) is 6.54 Å². The minimum absolute atomic E-state index is 0.138. The fourth-order valence-corrected chi connectivity index (χ4v) is 3.94. The van der Waals surface area contributed by atoms with Crippen LogP contribution in [0.5, 0.6) is 11.5 Å². The highest BCUT2D eigenvalue weighted by atomic mass is 16.7. The molecule has 3 aromatic rings. The minimum atomic E-state index is -0.363. The third-order valence-electron chi connectivity index (χ3n) is 5.56. The first-order valence-electron chi connectivity index (χ1n) is 10.7. The van der Waals surface area contributed by atoms with Crippen molar-refractivity contribution in [1.82, 2.24) is 20.1 Å². The van der Waals surface area contributed by atoms with Gasteiger partial charge in [0.25, 0.3) is 5.91 Å². The number of nitrogens with one attached hydrogen (secondary N) is 2. The largest absolute Gasteiger partial charge is 0.454 e. The normalized spacial score (nSPS) is 14.4. The van der Waals surface area contributed by atoms with E-state index in [2.05, 4.69) is 25.4 Å². The van der Waals surface area contributed by atoms with Crippen molar-refractivity contribution in [2.24, 2.45) is 0 Å². The summed E-state index contributed by atoms with van der Waals surface area (Å²) in [5.41, 5.74) is 1.93. The highest BCUT2D eigenvalue weighted by Gasteiger charge is 2.18. The zero-order valence-electron chi connectivity index (χ0n) is 17.5. The Hall–Kier alpha value is -3.88. The maximum atomic E-state index is 12.4. The molecule has 0 unspecified atom stereocenters. The number of aromatic nitrogens is 3. The first kappa shape index (κ1) is 20.0. The van der Waals surface area contributed by atoms with Gasteiger partial charge in [-0.15, -0.1) is 10.2 Å². The lowest BCUT2D eigenvalue weighted by molar-refractivity contribution is -0.115. The third kappa shape index (κ3) is 4.14. The molecule has 3 heterocycles. The molecule has 2 aliphatic rings. The second kappa shape index (κ2) is 8.70. The van der Waals surface area contributed by atoms with E-state index in [1.165, 1.54) is 6.42 Å². The Morgan fingerprint density at radius 1 is 1.00 bits per heavy atom. The van der Waals surface area contributed by atoms with Crippen LogP contribution in [0.25, 0.3) is 11.4 Å². The van der Waals surface area contributed by atoms with Crippen molar-refractivity contribution < 1.29 is 19.1 Å². The lowest BCUT2D eigenvalue weighted by atomic mass is 10.2. The zero-order valence-corrected chi connectivity index (χ0v) is 17.5. The van der Waals surface area contributed by atoms with Crippen LogP contribution in [0, 0.1) is 0 Å². The smallest absolute Gasteiger partial charge is 0.251 e. The Morgan fingerprint density at radius 3 is 2.84 bits per heavy atom. The summed E-state index contributed by atoms with van der Waals surface area (Å²) in [6.45, 7) is 0.886. The Balaban J connectivity index is 1.22. The molecular weight excluding hydrogens is 410 g/mol. The van der Waals surface area contributed by atoms with Crippen LogP contribution in [0.1, 0.15) is 35.4 Å². The van der Waals surface area contributed by atoms with Gasteiger partial charge >= 0.3 is 0 Å². The summed E-state index contributed by atoms with van der Waals surface area (Å²) in [5, 5.41) is 14.2. The monoisotopic (exact) mass is 433 g/mol. The molecule has 2 amide bonds. The number of amides is 2. The summed E-state index contributed by atoms with van der Waals surface area (Å²) in [6, 6.07) is 12.4. The van der Waals surface area contributed by atoms with Crippen LogP contribution >= 0.6 is 0 Å². The van der Waals surface area contributed by atoms with Crippen molar-refractivity contribution in [2.45, 2.75) is 32.2 Å². The van der Waals surface area contributed by atoms with E-state index in [0.717, 1.165) is 43.0 Å². The number of aryl methyl sites for hydroxylation is 1. The molecule has 5 rings (SSSR count). The van der Waals surface area contributed by atoms with Gasteiger partial charge in [-0.05, 0) is 43.2 Å². The van der Waals surface area contributed by atoms with E-state index in [9.17, 15) is 9.59 Å². The van der Waals surface area contributed by atoms with Gasteiger partial charge < -0.3 is 24.7 Å². The van der Waals surface area contributed by atoms with E-state index in [4.69, 9.17) is 9.47 Å². The fraction of sp³-hybridized carbons (Fsp3) is 0.304. The molecule has 2 aliphatic heterocycles. The van der Waals surface area contributed by atoms with Gasteiger partial charge in [0.15, 0.2) is 17.3 Å². The number of hydrogen-bond acceptors (Lipinski definition) is 6. The first-order chi connectivity index (χ1) is 15.7. The third-order valence-corrected chi connectivity index (χ3v) is 5.56. The van der Waals surface area contributed by atoms with E-state index in [0.29, 0.717) is 22.7 Å². The van der Waals surface area contributed by atoms with Crippen molar-refractivity contribution in [1.29, 1.82) is 0 Å². The number of carbonyl (C=O) groups excluding carboxylic acids is 2. The summed E-state index contributed by atoms with van der Waals surface area (Å²) in [7, 11) is 0. The number of anilines is 1. The molecule has 0 aliphatic carbocycles. The highest BCUT2D eigenvalue weighted by molar-refractivity contribution is 5.99. The van der Waals surface area contributed by atoms with Crippen LogP contribution < -0.4 is 20.1 Å². The van der Waals surface area contributed by atoms with Crippen LogP contribution in [0.3, 0.4) is 0 Å². The van der Waals surface area contributed by atoms with Gasteiger partial charge in [-0.2, -0.15) is 0 Å². The van der Waals surface area contributed by atoms with Gasteiger partial charge in [0.1, 0.15) is 5.82 Å². The molecule has 0 fully saturated rings. The van der Waals surface area contributed by atoms with Crippen LogP contribution in [-0.4, -0.2) is 39.9 Å². The number of fused-ring (bicyclic) bond motifs is 2. The van der Waals surface area contributed by atoms with Crippen molar-refractivity contribution in [3.63, 3.8) is 0 Å². The molecule has 0 spiro atoms. The number of ether oxygens (including phenoxy) is 2. The van der Waals surface area contributed by atoms with E-state index in [1.54, 1.807) is 24.3 Å². The van der Waals surface area contributed by atoms with Crippen LogP contribution in [-0.2, 0) is 17.8 Å². The predicted octanol–water partition coefficient (Wildman–Crippen LogP) is 2.77. The van der Waals surface area contributed by atoms with E-state index < -0.39 is 0 Å². The van der Waals surface area contributed by atoms with E-state index >= 15 is 0 Å². The average molecular weight is 433 g/mol. The molecule has 0 bridgehead atoms. The van der Waals surface area contributed by atoms with Crippen LogP contribution in [0.15, 0.2) is 42.5 Å². The Bertz CT molecular complexity index is 1170. The lowest BCUT2D eigenvalue weighted by Gasteiger charge is -2.10. The van der Waals surface area contributed by atoms with Gasteiger partial charge in [-0.1, -0.05) is 18.6 Å². The topological polar surface area (TPSA) is 107 Å². The van der Waals surface area contributed by atoms with E-state index in [-0.39, 0.29) is 25.2 Å². The molecule has 1 aromatic heterocycles. The van der Waals surface area contributed by atoms with Crippen molar-refractivity contribution >= 4 is 17.5 Å². The van der Waals surface area contributed by atoms with Gasteiger partial charge in [0.2, 0.25) is 12.7 Å². The summed E-state index contributed by atoms with van der Waals surface area (Å²) >= 11 is 0. The maximum absolute atomic E-state index is 12.4. The molecule has 0 radical (unpaired) electrons. The summed E-state index contributed by atoms with van der Waals surface area (Å²) in [5.74, 6) is 2.26. The summed E-state index contributed by atoms with van der Waals surface area (Å²) in [4.78, 5) is 24.8. The Kier molecular flexibility index (Phi) is 5.45. The molecule has 9 heteroatoms. The average Bonchev–Trinajstić information content (AvgIpc) is 3.38. The second-order valence-electron chi connectivity index (χ2n) is 7.78. The number of benzene rings is 2. The number of nitrogens with zero attached hydrogens (tertiary/aromatic N) is 3. The standard InChI is InChI=1S/C23H23N5O4/c29-21(13-24-23(30)16-8-9-18-19(12-16)32-14-31-18)25-17-6-4-5-15(11-17)22-27-26-20-7-2-1-3-10-28(20)22/h4-6,8-9,11-12H,1-3,7,10,13-14H2,(H,24,30)(H,25,29). The molecule has 2 N–H and O–H groups in total.